The van der Waals surface area contributed by atoms with Gasteiger partial charge < -0.3 is 0 Å². The smallest absolute Gasteiger partial charge is 0.147 e. The first-order chi connectivity index (χ1) is 10.3. The number of rotatable bonds is 1. The van der Waals surface area contributed by atoms with E-state index < -0.39 is 0 Å². The van der Waals surface area contributed by atoms with E-state index in [1.165, 1.54) is 30.7 Å². The Balaban J connectivity index is 0.000000801. The summed E-state index contributed by atoms with van der Waals surface area (Å²) in [7, 11) is 0. The minimum absolute atomic E-state index is 0. The molecule has 0 saturated carbocycles. The van der Waals surface area contributed by atoms with Crippen molar-refractivity contribution in [2.75, 3.05) is 0 Å². The van der Waals surface area contributed by atoms with Gasteiger partial charge in [-0.2, -0.15) is 0 Å². The maximum absolute atomic E-state index is 2.38. The Morgan fingerprint density at radius 2 is 1.62 bits per heavy atom. The van der Waals surface area contributed by atoms with E-state index in [1.54, 1.807) is 24.2 Å². The molecule has 3 rings (SSSR count). The van der Waals surface area contributed by atoms with Gasteiger partial charge in [0.05, 0.1) is 0 Å². The quantitative estimate of drug-likeness (QED) is 0.422. The molecule has 0 nitrogen and oxygen atoms in total. The zero-order valence-electron chi connectivity index (χ0n) is 15.1. The molecule has 0 atom stereocenters. The van der Waals surface area contributed by atoms with Crippen molar-refractivity contribution in [3.05, 3.63) is 59.7 Å². The average Bonchev–Trinajstić information content (AvgIpc) is 3.03. The molecule has 0 unspecified atom stereocenters. The van der Waals surface area contributed by atoms with Gasteiger partial charge in [0.25, 0.3) is 0 Å². The van der Waals surface area contributed by atoms with Crippen LogP contribution in [0, 0.1) is 5.41 Å². The third kappa shape index (κ3) is 6.18. The summed E-state index contributed by atoms with van der Waals surface area (Å²) in [6, 6.07) is 13.1. The zero-order valence-corrected chi connectivity index (χ0v) is 19.2. The zero-order chi connectivity index (χ0) is 16.3. The van der Waals surface area contributed by atoms with Crippen molar-refractivity contribution in [2.24, 2.45) is 5.41 Å². The van der Waals surface area contributed by atoms with Gasteiger partial charge >= 0.3 is 41.3 Å². The Morgan fingerprint density at radius 3 is 2.17 bits per heavy atom. The van der Waals surface area contributed by atoms with Crippen LogP contribution in [0.3, 0.4) is 0 Å². The van der Waals surface area contributed by atoms with E-state index in [4.69, 9.17) is 0 Å². The average molecular weight is 442 g/mol. The predicted molar refractivity (Wildman–Crippen MR) is 111 cm³/mol. The van der Waals surface area contributed by atoms with E-state index in [1.807, 2.05) is 0 Å². The monoisotopic (exact) mass is 439 g/mol. The Hall–Kier alpha value is -0.357. The molecule has 24 heavy (non-hydrogen) atoms. The largest absolute Gasteiger partial charge is 0.147 e. The van der Waals surface area contributed by atoms with Crippen molar-refractivity contribution in [2.45, 2.75) is 41.0 Å². The Bertz CT molecular complexity index is 739. The molecule has 0 amide bonds. The van der Waals surface area contributed by atoms with Gasteiger partial charge in [-0.05, 0) is 11.8 Å². The topological polar surface area (TPSA) is 0 Å². The molecule has 1 aliphatic carbocycles. The van der Waals surface area contributed by atoms with Gasteiger partial charge in [-0.3, -0.25) is 0 Å². The van der Waals surface area contributed by atoms with Gasteiger partial charge in [0.2, 0.25) is 0 Å². The van der Waals surface area contributed by atoms with Crippen LogP contribution in [0.25, 0.3) is 16.3 Å². The van der Waals surface area contributed by atoms with Gasteiger partial charge in [0, 0.05) is 0 Å². The maximum Gasteiger partial charge on any atom is -0.147 e. The third-order valence-corrected chi connectivity index (χ3v) is 3.76. The minimum atomic E-state index is 0. The second kappa shape index (κ2) is 9.95. The number of hydrogen-bond acceptors (Lipinski definition) is 0. The van der Waals surface area contributed by atoms with Crippen molar-refractivity contribution < 1.29 is 24.2 Å². The van der Waals surface area contributed by atoms with Gasteiger partial charge in [-0.15, -0.1) is 65.4 Å². The first kappa shape index (κ1) is 23.6. The molecule has 0 radical (unpaired) electrons. The van der Waals surface area contributed by atoms with E-state index in [0.717, 1.165) is 6.42 Å². The van der Waals surface area contributed by atoms with E-state index in [0.29, 0.717) is 0 Å². The summed E-state index contributed by atoms with van der Waals surface area (Å²) in [6.45, 7) is 11.1. The number of benzene rings is 1. The van der Waals surface area contributed by atoms with Crippen molar-refractivity contribution in [1.29, 1.82) is 0 Å². The van der Waals surface area contributed by atoms with E-state index in [9.17, 15) is 0 Å². The first-order valence-electron chi connectivity index (χ1n) is 7.87. The molecule has 1 aliphatic rings. The van der Waals surface area contributed by atoms with Crippen LogP contribution in [0.4, 0.5) is 0 Å². The molecule has 0 fully saturated rings. The van der Waals surface area contributed by atoms with Crippen LogP contribution >= 0.6 is 24.8 Å². The molecular weight excluding hydrogens is 414 g/mol. The second-order valence-electron chi connectivity index (χ2n) is 7.12. The summed E-state index contributed by atoms with van der Waals surface area (Å²) < 4.78 is 1.51. The standard InChI is InChI=1S/C18H19.C3H6.2ClH.Zr/c1-18(2,3)15-10-8-14(12-15)17-11-9-13-6-4-5-7-16(13)17;1-3-2;;;/h4-7,9-12H,8H2,1-3H3;1-2H3;2*1H;/q-1;;;;. The first-order valence-corrected chi connectivity index (χ1v) is 9.09. The fraction of sp³-hybridized carbons (Fsp3) is 0.333. The fourth-order valence-electron chi connectivity index (χ4n) is 2.67. The number of allylic oxidation sites excluding steroid dienone is 4. The summed E-state index contributed by atoms with van der Waals surface area (Å²) in [4.78, 5) is 0. The second-order valence-corrected chi connectivity index (χ2v) is 9.58. The molecular formula is C21H27Cl2Zr-. The molecule has 0 aromatic heterocycles. The van der Waals surface area contributed by atoms with Crippen LogP contribution in [0.5, 0.6) is 0 Å². The fourth-order valence-corrected chi connectivity index (χ4v) is 2.67. The maximum atomic E-state index is 2.38. The van der Waals surface area contributed by atoms with Gasteiger partial charge in [-0.25, -0.2) is 0 Å². The molecule has 0 spiro atoms. The van der Waals surface area contributed by atoms with Crippen molar-refractivity contribution in [3.63, 3.8) is 0 Å². The van der Waals surface area contributed by atoms with Crippen LogP contribution in [-0.4, -0.2) is 3.21 Å². The van der Waals surface area contributed by atoms with Crippen LogP contribution in [0.15, 0.2) is 54.1 Å². The molecule has 0 bridgehead atoms. The molecule has 0 saturated heterocycles. The Labute approximate surface area is 173 Å². The number of fused-ring (bicyclic) bond motifs is 1. The molecule has 3 heteroatoms. The summed E-state index contributed by atoms with van der Waals surface area (Å²) in [5.41, 5.74) is 4.58. The molecule has 2 aromatic rings. The number of halogens is 2. The van der Waals surface area contributed by atoms with E-state index in [2.05, 4.69) is 83.2 Å². The molecule has 130 valence electrons. The predicted octanol–water partition coefficient (Wildman–Crippen LogP) is 6.91. The van der Waals surface area contributed by atoms with E-state index >= 15 is 0 Å². The van der Waals surface area contributed by atoms with Gasteiger partial charge in [0.1, 0.15) is 0 Å². The summed E-state index contributed by atoms with van der Waals surface area (Å²) >= 11 is 1.55. The van der Waals surface area contributed by atoms with Crippen molar-refractivity contribution >= 4 is 44.4 Å². The number of hydrogen-bond donors (Lipinski definition) is 0. The van der Waals surface area contributed by atoms with Crippen LogP contribution < -0.4 is 0 Å². The Kier molecular flexibility index (Phi) is 9.81. The summed E-state index contributed by atoms with van der Waals surface area (Å²) in [6.07, 6.45) is 5.82. The SMILES string of the molecule is CC(C)(C)C1=CCC([c-]2ccc3ccccc32)=C1.C[C](C)=[Zr].Cl.Cl. The molecule has 0 N–H and O–H groups in total. The summed E-state index contributed by atoms with van der Waals surface area (Å²) in [5, 5.41) is 2.73. The molecule has 0 aliphatic heterocycles. The Morgan fingerprint density at radius 1 is 1.04 bits per heavy atom. The van der Waals surface area contributed by atoms with Gasteiger partial charge in [-0.1, -0.05) is 56.2 Å². The molecule has 2 aromatic carbocycles. The summed E-state index contributed by atoms with van der Waals surface area (Å²) in [5.74, 6) is 0. The van der Waals surface area contributed by atoms with Crippen molar-refractivity contribution in [3.8, 4) is 0 Å². The van der Waals surface area contributed by atoms with Crippen LogP contribution in [0.1, 0.15) is 46.6 Å². The van der Waals surface area contributed by atoms with Gasteiger partial charge in [0.15, 0.2) is 0 Å². The third-order valence-electron chi connectivity index (χ3n) is 3.76. The van der Waals surface area contributed by atoms with Crippen molar-refractivity contribution in [1.82, 2.24) is 0 Å². The van der Waals surface area contributed by atoms with Crippen LogP contribution in [-0.2, 0) is 24.2 Å². The van der Waals surface area contributed by atoms with Crippen LogP contribution in [0.2, 0.25) is 0 Å². The normalized spacial score (nSPS) is 13.0. The van der Waals surface area contributed by atoms with E-state index in [-0.39, 0.29) is 30.2 Å². The molecule has 0 heterocycles. The minimum Gasteiger partial charge on any atom is -0.147 e.